The molecule has 6 nitrogen and oxygen atoms in total. The average molecular weight is 339 g/mol. The van der Waals surface area contributed by atoms with Gasteiger partial charge in [-0.25, -0.2) is 4.99 Å². The van der Waals surface area contributed by atoms with Crippen molar-refractivity contribution in [1.82, 2.24) is 9.36 Å². The smallest absolute Gasteiger partial charge is 0.209 e. The average Bonchev–Trinajstić information content (AvgIpc) is 3.09. The Bertz CT molecular complexity index is 832. The lowest BCUT2D eigenvalue weighted by Crippen LogP contribution is -2.22. The monoisotopic (exact) mass is 339 g/mol. The third kappa shape index (κ3) is 3.88. The molecule has 0 fully saturated rings. The van der Waals surface area contributed by atoms with E-state index in [-0.39, 0.29) is 5.96 Å². The molecule has 24 heavy (non-hydrogen) atoms. The summed E-state index contributed by atoms with van der Waals surface area (Å²) in [5, 5.41) is 3.58. The lowest BCUT2D eigenvalue weighted by atomic mass is 10.2. The summed E-state index contributed by atoms with van der Waals surface area (Å²) in [6, 6.07) is 17.5. The van der Waals surface area contributed by atoms with E-state index in [4.69, 9.17) is 10.5 Å². The van der Waals surface area contributed by atoms with Crippen LogP contribution < -0.4 is 15.8 Å². The number of para-hydroxylation sites is 1. The SMILES string of the molecule is COc1ccccc1C/N=C(/N)Nc1nc(-c2ccccc2)ns1. The number of aliphatic imine (C=N–C) groups is 1. The molecule has 0 amide bonds. The highest BCUT2D eigenvalue weighted by atomic mass is 32.1. The highest BCUT2D eigenvalue weighted by Crippen LogP contribution is 2.21. The van der Waals surface area contributed by atoms with E-state index in [0.717, 1.165) is 16.9 Å². The molecule has 122 valence electrons. The number of hydrogen-bond acceptors (Lipinski definition) is 5. The molecule has 1 aromatic heterocycles. The van der Waals surface area contributed by atoms with Gasteiger partial charge in [0.1, 0.15) is 5.75 Å². The molecule has 1 heterocycles. The van der Waals surface area contributed by atoms with Crippen molar-refractivity contribution in [3.63, 3.8) is 0 Å². The summed E-state index contributed by atoms with van der Waals surface area (Å²) >= 11 is 1.24. The summed E-state index contributed by atoms with van der Waals surface area (Å²) < 4.78 is 9.62. The zero-order chi connectivity index (χ0) is 16.8. The minimum Gasteiger partial charge on any atom is -0.496 e. The van der Waals surface area contributed by atoms with Crippen molar-refractivity contribution in [2.75, 3.05) is 12.4 Å². The van der Waals surface area contributed by atoms with E-state index >= 15 is 0 Å². The number of nitrogens with two attached hydrogens (primary N) is 1. The third-order valence-electron chi connectivity index (χ3n) is 3.31. The Kier molecular flexibility index (Phi) is 5.02. The molecule has 3 rings (SSSR count). The van der Waals surface area contributed by atoms with E-state index in [1.807, 2.05) is 54.6 Å². The quantitative estimate of drug-likeness (QED) is 0.551. The molecule has 0 unspecified atom stereocenters. The first-order chi connectivity index (χ1) is 11.8. The predicted octanol–water partition coefficient (Wildman–Crippen LogP) is 3.14. The Labute approximate surface area is 144 Å². The number of hydrogen-bond donors (Lipinski definition) is 2. The fourth-order valence-corrected chi connectivity index (χ4v) is 2.73. The van der Waals surface area contributed by atoms with E-state index in [0.29, 0.717) is 17.5 Å². The van der Waals surface area contributed by atoms with Gasteiger partial charge in [0.15, 0.2) is 11.8 Å². The van der Waals surface area contributed by atoms with E-state index < -0.39 is 0 Å². The van der Waals surface area contributed by atoms with Gasteiger partial charge in [0.2, 0.25) is 5.13 Å². The molecule has 7 heteroatoms. The number of guanidine groups is 1. The summed E-state index contributed by atoms with van der Waals surface area (Å²) in [4.78, 5) is 8.74. The van der Waals surface area contributed by atoms with Crippen LogP contribution in [0.3, 0.4) is 0 Å². The fraction of sp³-hybridized carbons (Fsp3) is 0.118. The molecule has 0 radical (unpaired) electrons. The Morgan fingerprint density at radius 1 is 1.17 bits per heavy atom. The van der Waals surface area contributed by atoms with Gasteiger partial charge in [-0.05, 0) is 6.07 Å². The fourth-order valence-electron chi connectivity index (χ4n) is 2.13. The normalized spacial score (nSPS) is 11.3. The van der Waals surface area contributed by atoms with E-state index in [2.05, 4.69) is 19.7 Å². The van der Waals surface area contributed by atoms with Crippen molar-refractivity contribution in [1.29, 1.82) is 0 Å². The number of nitrogens with one attached hydrogen (secondary N) is 1. The summed E-state index contributed by atoms with van der Waals surface area (Å²) in [5.41, 5.74) is 7.86. The minimum absolute atomic E-state index is 0.289. The maximum absolute atomic E-state index is 5.93. The van der Waals surface area contributed by atoms with Crippen LogP contribution in [0.1, 0.15) is 5.56 Å². The molecule has 0 saturated heterocycles. The standard InChI is InChI=1S/C17H17N5OS/c1-23-14-10-6-5-9-13(14)11-19-16(18)21-17-20-15(22-24-17)12-7-3-2-4-8-12/h2-10H,11H2,1H3,(H3,18,19,20,21,22). The maximum atomic E-state index is 5.93. The van der Waals surface area contributed by atoms with Crippen molar-refractivity contribution in [3.05, 3.63) is 60.2 Å². The van der Waals surface area contributed by atoms with Crippen LogP contribution in [0.25, 0.3) is 11.4 Å². The van der Waals surface area contributed by atoms with Crippen LogP contribution in [0.5, 0.6) is 5.75 Å². The number of rotatable bonds is 5. The third-order valence-corrected chi connectivity index (χ3v) is 3.94. The van der Waals surface area contributed by atoms with Gasteiger partial charge in [-0.15, -0.1) is 0 Å². The van der Waals surface area contributed by atoms with E-state index in [9.17, 15) is 0 Å². The molecule has 0 atom stereocenters. The second-order valence-corrected chi connectivity index (χ2v) is 5.68. The van der Waals surface area contributed by atoms with Crippen LogP contribution in [-0.4, -0.2) is 22.4 Å². The lowest BCUT2D eigenvalue weighted by molar-refractivity contribution is 0.410. The van der Waals surface area contributed by atoms with Gasteiger partial charge >= 0.3 is 0 Å². The zero-order valence-electron chi connectivity index (χ0n) is 13.1. The van der Waals surface area contributed by atoms with Crippen molar-refractivity contribution in [2.24, 2.45) is 10.7 Å². The van der Waals surface area contributed by atoms with Gasteiger partial charge in [-0.1, -0.05) is 48.5 Å². The molecule has 3 aromatic rings. The van der Waals surface area contributed by atoms with Crippen LogP contribution in [0.2, 0.25) is 0 Å². The molecule has 0 aliphatic carbocycles. The Balaban J connectivity index is 1.66. The van der Waals surface area contributed by atoms with Crippen molar-refractivity contribution < 1.29 is 4.74 Å². The molecule has 2 aromatic carbocycles. The largest absolute Gasteiger partial charge is 0.496 e. The Morgan fingerprint density at radius 2 is 1.92 bits per heavy atom. The van der Waals surface area contributed by atoms with Crippen LogP contribution in [0, 0.1) is 0 Å². The maximum Gasteiger partial charge on any atom is 0.209 e. The van der Waals surface area contributed by atoms with Crippen LogP contribution in [0.4, 0.5) is 5.13 Å². The van der Waals surface area contributed by atoms with Gasteiger partial charge < -0.3 is 15.8 Å². The number of aromatic nitrogens is 2. The first-order valence-corrected chi connectivity index (χ1v) is 8.11. The molecular formula is C17H17N5OS. The number of anilines is 1. The summed E-state index contributed by atoms with van der Waals surface area (Å²) in [6.45, 7) is 0.424. The summed E-state index contributed by atoms with van der Waals surface area (Å²) in [7, 11) is 1.64. The molecule has 0 saturated carbocycles. The minimum atomic E-state index is 0.289. The first kappa shape index (κ1) is 15.9. The summed E-state index contributed by atoms with van der Waals surface area (Å²) in [5.74, 6) is 1.74. The molecule has 0 bridgehead atoms. The van der Waals surface area contributed by atoms with Gasteiger partial charge in [0, 0.05) is 22.7 Å². The zero-order valence-corrected chi connectivity index (χ0v) is 14.0. The number of benzene rings is 2. The van der Waals surface area contributed by atoms with E-state index in [1.54, 1.807) is 7.11 Å². The molecule has 3 N–H and O–H groups in total. The Morgan fingerprint density at radius 3 is 2.71 bits per heavy atom. The van der Waals surface area contributed by atoms with Gasteiger partial charge in [0.05, 0.1) is 13.7 Å². The lowest BCUT2D eigenvalue weighted by Gasteiger charge is -2.06. The predicted molar refractivity (Wildman–Crippen MR) is 97.3 cm³/mol. The first-order valence-electron chi connectivity index (χ1n) is 7.34. The highest BCUT2D eigenvalue weighted by Gasteiger charge is 2.07. The van der Waals surface area contributed by atoms with Crippen LogP contribution in [-0.2, 0) is 6.54 Å². The van der Waals surface area contributed by atoms with Crippen LogP contribution >= 0.6 is 11.5 Å². The second-order valence-electron chi connectivity index (χ2n) is 4.93. The van der Waals surface area contributed by atoms with E-state index in [1.165, 1.54) is 11.5 Å². The number of nitrogens with zero attached hydrogens (tertiary/aromatic N) is 3. The number of methoxy groups -OCH3 is 1. The van der Waals surface area contributed by atoms with Crippen molar-refractivity contribution in [2.45, 2.75) is 6.54 Å². The van der Waals surface area contributed by atoms with Crippen molar-refractivity contribution in [3.8, 4) is 17.1 Å². The van der Waals surface area contributed by atoms with Gasteiger partial charge in [-0.3, -0.25) is 0 Å². The second kappa shape index (κ2) is 7.56. The van der Waals surface area contributed by atoms with Crippen LogP contribution in [0.15, 0.2) is 59.6 Å². The molecule has 0 spiro atoms. The van der Waals surface area contributed by atoms with Crippen molar-refractivity contribution >= 4 is 22.6 Å². The topological polar surface area (TPSA) is 85.4 Å². The number of ether oxygens (including phenoxy) is 1. The highest BCUT2D eigenvalue weighted by molar-refractivity contribution is 7.10. The Hall–Kier alpha value is -2.93. The van der Waals surface area contributed by atoms with Gasteiger partial charge in [0.25, 0.3) is 0 Å². The van der Waals surface area contributed by atoms with Gasteiger partial charge in [-0.2, -0.15) is 9.36 Å². The molecular weight excluding hydrogens is 322 g/mol. The summed E-state index contributed by atoms with van der Waals surface area (Å²) in [6.07, 6.45) is 0. The molecule has 0 aliphatic rings. The molecule has 0 aliphatic heterocycles.